The van der Waals surface area contributed by atoms with Crippen molar-refractivity contribution in [2.45, 2.75) is 40.2 Å². The van der Waals surface area contributed by atoms with E-state index in [1.807, 2.05) is 32.9 Å². The molecule has 1 aromatic carbocycles. The number of benzene rings is 1. The molecule has 2 rings (SSSR count). The van der Waals surface area contributed by atoms with Crippen LogP contribution >= 0.6 is 0 Å². The molecule has 2 aromatic rings. The van der Waals surface area contributed by atoms with Gasteiger partial charge >= 0.3 is 0 Å². The van der Waals surface area contributed by atoms with Gasteiger partial charge in [-0.15, -0.1) is 0 Å². The molecular formula is C16H23N3O3S. The van der Waals surface area contributed by atoms with E-state index in [0.29, 0.717) is 12.0 Å². The minimum Gasteiger partial charge on any atom is -0.382 e. The van der Waals surface area contributed by atoms with E-state index in [1.165, 1.54) is 11.6 Å². The molecule has 7 heteroatoms. The quantitative estimate of drug-likeness (QED) is 0.907. The summed E-state index contributed by atoms with van der Waals surface area (Å²) in [5.41, 5.74) is 7.54. The maximum atomic E-state index is 12.9. The molecule has 0 saturated carbocycles. The standard InChI is InChI=1S/C16H23N3O3S/c1-5-12(4)18-16(20)14(13-10-8-7-9-11(13)3)15(17)19(18)23(21,22)6-2/h7-10,12H,5-6,17H2,1-4H3. The van der Waals surface area contributed by atoms with Gasteiger partial charge < -0.3 is 5.73 Å². The number of nitrogen functional groups attached to an aromatic ring is 1. The highest BCUT2D eigenvalue weighted by molar-refractivity contribution is 7.89. The van der Waals surface area contributed by atoms with Gasteiger partial charge in [-0.2, -0.15) is 4.09 Å². The lowest BCUT2D eigenvalue weighted by Crippen LogP contribution is -2.31. The lowest BCUT2D eigenvalue weighted by molar-refractivity contribution is 0.437. The summed E-state index contributed by atoms with van der Waals surface area (Å²) in [5.74, 6) is -0.152. The molecule has 0 spiro atoms. The molecule has 0 amide bonds. The van der Waals surface area contributed by atoms with Crippen LogP contribution in [0.15, 0.2) is 29.1 Å². The average molecular weight is 337 g/mol. The highest BCUT2D eigenvalue weighted by Gasteiger charge is 2.28. The molecule has 1 heterocycles. The molecular weight excluding hydrogens is 314 g/mol. The van der Waals surface area contributed by atoms with Crippen molar-refractivity contribution in [2.24, 2.45) is 0 Å². The third-order valence-electron chi connectivity index (χ3n) is 4.13. The van der Waals surface area contributed by atoms with E-state index in [9.17, 15) is 13.2 Å². The molecule has 0 saturated heterocycles. The predicted molar refractivity (Wildman–Crippen MR) is 93.1 cm³/mol. The summed E-state index contributed by atoms with van der Waals surface area (Å²) < 4.78 is 27.2. The van der Waals surface area contributed by atoms with E-state index in [4.69, 9.17) is 5.73 Å². The van der Waals surface area contributed by atoms with Crippen LogP contribution in [0.25, 0.3) is 11.1 Å². The van der Waals surface area contributed by atoms with Gasteiger partial charge in [0.1, 0.15) is 5.82 Å². The third-order valence-corrected chi connectivity index (χ3v) is 5.76. The molecule has 0 bridgehead atoms. The van der Waals surface area contributed by atoms with Gasteiger partial charge in [0.25, 0.3) is 15.6 Å². The fourth-order valence-electron chi connectivity index (χ4n) is 2.58. The molecule has 0 fully saturated rings. The van der Waals surface area contributed by atoms with E-state index in [1.54, 1.807) is 12.1 Å². The Labute approximate surface area is 136 Å². The zero-order valence-corrected chi connectivity index (χ0v) is 14.7. The van der Waals surface area contributed by atoms with Crippen molar-refractivity contribution in [1.82, 2.24) is 8.77 Å². The predicted octanol–water partition coefficient (Wildman–Crippen LogP) is 2.38. The highest BCUT2D eigenvalue weighted by atomic mass is 32.2. The summed E-state index contributed by atoms with van der Waals surface area (Å²) in [7, 11) is -3.68. The topological polar surface area (TPSA) is 87.1 Å². The molecule has 1 aromatic heterocycles. The summed E-state index contributed by atoms with van der Waals surface area (Å²) in [6.07, 6.45) is 0.621. The summed E-state index contributed by atoms with van der Waals surface area (Å²) in [4.78, 5) is 12.9. The van der Waals surface area contributed by atoms with Gasteiger partial charge in [0.15, 0.2) is 0 Å². The Bertz CT molecular complexity index is 878. The summed E-state index contributed by atoms with van der Waals surface area (Å²) in [5, 5.41) is 0. The molecule has 0 aliphatic carbocycles. The van der Waals surface area contributed by atoms with Crippen LogP contribution in [0.3, 0.4) is 0 Å². The van der Waals surface area contributed by atoms with Crippen LogP contribution in [-0.4, -0.2) is 22.9 Å². The van der Waals surface area contributed by atoms with Crippen LogP contribution < -0.4 is 11.3 Å². The lowest BCUT2D eigenvalue weighted by Gasteiger charge is -2.17. The maximum Gasteiger partial charge on any atom is 0.277 e. The Balaban J connectivity index is 2.93. The van der Waals surface area contributed by atoms with Crippen LogP contribution in [-0.2, 0) is 10.0 Å². The van der Waals surface area contributed by atoms with Crippen molar-refractivity contribution < 1.29 is 8.42 Å². The van der Waals surface area contributed by atoms with Gasteiger partial charge in [-0.3, -0.25) is 4.79 Å². The molecule has 0 aliphatic rings. The van der Waals surface area contributed by atoms with Crippen LogP contribution in [0.4, 0.5) is 5.82 Å². The first-order valence-corrected chi connectivity index (χ1v) is 9.29. The first kappa shape index (κ1) is 17.3. The molecule has 126 valence electrons. The van der Waals surface area contributed by atoms with Gasteiger partial charge in [-0.25, -0.2) is 13.1 Å². The van der Waals surface area contributed by atoms with Crippen molar-refractivity contribution in [3.05, 3.63) is 40.2 Å². The van der Waals surface area contributed by atoms with Gasteiger partial charge in [-0.1, -0.05) is 31.2 Å². The number of hydrogen-bond donors (Lipinski definition) is 1. The molecule has 1 atom stereocenters. The Morgan fingerprint density at radius 1 is 1.22 bits per heavy atom. The fraction of sp³-hybridized carbons (Fsp3) is 0.438. The molecule has 6 nitrogen and oxygen atoms in total. The molecule has 1 unspecified atom stereocenters. The second-order valence-corrected chi connectivity index (χ2v) is 7.71. The zero-order valence-electron chi connectivity index (χ0n) is 13.9. The largest absolute Gasteiger partial charge is 0.382 e. The Morgan fingerprint density at radius 2 is 1.83 bits per heavy atom. The molecule has 0 radical (unpaired) electrons. The van der Waals surface area contributed by atoms with Gasteiger partial charge in [0, 0.05) is 0 Å². The zero-order chi connectivity index (χ0) is 17.4. The van der Waals surface area contributed by atoms with Crippen LogP contribution in [0, 0.1) is 6.92 Å². The Hall–Kier alpha value is -2.02. The van der Waals surface area contributed by atoms with Gasteiger partial charge in [-0.05, 0) is 38.3 Å². The SMILES string of the molecule is CCC(C)n1c(=O)c(-c2ccccc2C)c(N)n1S(=O)(=O)CC. The number of nitrogens with zero attached hydrogens (tertiary/aromatic N) is 2. The lowest BCUT2D eigenvalue weighted by atomic mass is 10.0. The fourth-order valence-corrected chi connectivity index (χ4v) is 3.72. The number of anilines is 1. The van der Waals surface area contributed by atoms with E-state index < -0.39 is 10.0 Å². The summed E-state index contributed by atoms with van der Waals surface area (Å²) in [6, 6.07) is 7.05. The van der Waals surface area contributed by atoms with Crippen LogP contribution in [0.2, 0.25) is 0 Å². The highest BCUT2D eigenvalue weighted by Crippen LogP contribution is 2.28. The normalized spacial score (nSPS) is 13.2. The Morgan fingerprint density at radius 3 is 2.35 bits per heavy atom. The number of aryl methyl sites for hydroxylation is 1. The first-order chi connectivity index (χ1) is 10.8. The first-order valence-electron chi connectivity index (χ1n) is 7.68. The number of rotatable bonds is 5. The summed E-state index contributed by atoms with van der Waals surface area (Å²) >= 11 is 0. The van der Waals surface area contributed by atoms with E-state index in [0.717, 1.165) is 9.65 Å². The van der Waals surface area contributed by atoms with Crippen molar-refractivity contribution in [1.29, 1.82) is 0 Å². The van der Waals surface area contributed by atoms with E-state index in [-0.39, 0.29) is 28.7 Å². The second-order valence-electron chi connectivity index (χ2n) is 5.63. The number of aromatic nitrogens is 2. The van der Waals surface area contributed by atoms with Crippen molar-refractivity contribution in [2.75, 3.05) is 11.5 Å². The van der Waals surface area contributed by atoms with E-state index >= 15 is 0 Å². The minimum absolute atomic E-state index is 0.0218. The second kappa shape index (κ2) is 6.23. The van der Waals surface area contributed by atoms with Crippen molar-refractivity contribution >= 4 is 15.8 Å². The van der Waals surface area contributed by atoms with Crippen LogP contribution in [0.5, 0.6) is 0 Å². The summed E-state index contributed by atoms with van der Waals surface area (Å²) in [6.45, 7) is 7.11. The molecule has 2 N–H and O–H groups in total. The number of nitrogens with two attached hydrogens (primary N) is 1. The smallest absolute Gasteiger partial charge is 0.277 e. The molecule has 23 heavy (non-hydrogen) atoms. The number of hydrogen-bond acceptors (Lipinski definition) is 4. The van der Waals surface area contributed by atoms with E-state index in [2.05, 4.69) is 0 Å². The van der Waals surface area contributed by atoms with Crippen LogP contribution in [0.1, 0.15) is 38.8 Å². The van der Waals surface area contributed by atoms with Gasteiger partial charge in [0.2, 0.25) is 0 Å². The monoisotopic (exact) mass is 337 g/mol. The van der Waals surface area contributed by atoms with Crippen molar-refractivity contribution in [3.8, 4) is 11.1 Å². The molecule has 0 aliphatic heterocycles. The third kappa shape index (κ3) is 2.81. The van der Waals surface area contributed by atoms with Gasteiger partial charge in [0.05, 0.1) is 17.4 Å². The van der Waals surface area contributed by atoms with Crippen molar-refractivity contribution in [3.63, 3.8) is 0 Å². The average Bonchev–Trinajstić information content (AvgIpc) is 2.79. The Kier molecular flexibility index (Phi) is 4.70. The minimum atomic E-state index is -3.68. The maximum absolute atomic E-state index is 12.9.